The third-order valence-electron chi connectivity index (χ3n) is 3.06. The zero-order valence-electron chi connectivity index (χ0n) is 8.40. The van der Waals surface area contributed by atoms with Crippen LogP contribution in [0.25, 0.3) is 0 Å². The average Bonchev–Trinajstić information content (AvgIpc) is 2.46. The maximum atomic E-state index is 11.4. The molecule has 0 radical (unpaired) electrons. The summed E-state index contributed by atoms with van der Waals surface area (Å²) < 4.78 is 22.8. The fourth-order valence-corrected chi connectivity index (χ4v) is 3.83. The minimum Gasteiger partial charge on any atom is -0.387 e. The maximum absolute atomic E-state index is 11.4. The molecule has 0 aromatic heterocycles. The minimum absolute atomic E-state index is 0.402. The van der Waals surface area contributed by atoms with Crippen LogP contribution < -0.4 is 0 Å². The van der Waals surface area contributed by atoms with Crippen molar-refractivity contribution >= 4 is 9.84 Å². The summed E-state index contributed by atoms with van der Waals surface area (Å²) in [5, 5.41) is 18.1. The van der Waals surface area contributed by atoms with Crippen LogP contribution >= 0.6 is 0 Å². The van der Waals surface area contributed by atoms with Crippen molar-refractivity contribution in [3.63, 3.8) is 0 Å². The van der Waals surface area contributed by atoms with Crippen LogP contribution in [0.5, 0.6) is 0 Å². The highest BCUT2D eigenvalue weighted by atomic mass is 32.2. The molecule has 80 valence electrons. The molecule has 0 heterocycles. The largest absolute Gasteiger partial charge is 0.387 e. The van der Waals surface area contributed by atoms with E-state index >= 15 is 0 Å². The number of nitrogens with zero attached hydrogens (tertiary/aromatic N) is 1. The van der Waals surface area contributed by atoms with Crippen LogP contribution in [0.15, 0.2) is 0 Å². The first-order valence-corrected chi connectivity index (χ1v) is 6.58. The molecule has 0 bridgehead atoms. The van der Waals surface area contributed by atoms with E-state index in [4.69, 9.17) is 5.26 Å². The van der Waals surface area contributed by atoms with Gasteiger partial charge in [-0.1, -0.05) is 0 Å². The Labute approximate surface area is 84.5 Å². The monoisotopic (exact) mass is 217 g/mol. The van der Waals surface area contributed by atoms with E-state index in [1.807, 2.05) is 6.07 Å². The SMILES string of the molecule is CC(C#N)C1(O)CCCC1S(C)(=O)=O. The van der Waals surface area contributed by atoms with Gasteiger partial charge in [0, 0.05) is 6.26 Å². The van der Waals surface area contributed by atoms with Gasteiger partial charge < -0.3 is 5.11 Å². The second kappa shape index (κ2) is 3.52. The van der Waals surface area contributed by atoms with Gasteiger partial charge in [0.25, 0.3) is 0 Å². The van der Waals surface area contributed by atoms with Gasteiger partial charge >= 0.3 is 0 Å². The van der Waals surface area contributed by atoms with Crippen LogP contribution in [-0.2, 0) is 9.84 Å². The summed E-state index contributed by atoms with van der Waals surface area (Å²) in [5.74, 6) is -0.635. The first kappa shape index (κ1) is 11.5. The molecule has 0 saturated heterocycles. The predicted molar refractivity (Wildman–Crippen MR) is 52.2 cm³/mol. The van der Waals surface area contributed by atoms with Crippen molar-refractivity contribution in [1.82, 2.24) is 0 Å². The lowest BCUT2D eigenvalue weighted by Crippen LogP contribution is -2.46. The van der Waals surface area contributed by atoms with E-state index in [0.717, 1.165) is 6.26 Å². The lowest BCUT2D eigenvalue weighted by Gasteiger charge is -2.30. The highest BCUT2D eigenvalue weighted by Crippen LogP contribution is 2.39. The van der Waals surface area contributed by atoms with Gasteiger partial charge in [-0.2, -0.15) is 5.26 Å². The van der Waals surface area contributed by atoms with Crippen molar-refractivity contribution in [1.29, 1.82) is 5.26 Å². The number of hydrogen-bond acceptors (Lipinski definition) is 4. The van der Waals surface area contributed by atoms with E-state index in [2.05, 4.69) is 0 Å². The molecule has 14 heavy (non-hydrogen) atoms. The molecular weight excluding hydrogens is 202 g/mol. The number of rotatable bonds is 2. The van der Waals surface area contributed by atoms with E-state index in [0.29, 0.717) is 19.3 Å². The van der Waals surface area contributed by atoms with E-state index < -0.39 is 26.6 Å². The fourth-order valence-electron chi connectivity index (χ4n) is 2.17. The van der Waals surface area contributed by atoms with Crippen molar-refractivity contribution in [2.24, 2.45) is 5.92 Å². The summed E-state index contributed by atoms with van der Waals surface area (Å²) in [4.78, 5) is 0. The fraction of sp³-hybridized carbons (Fsp3) is 0.889. The third-order valence-corrected chi connectivity index (χ3v) is 4.74. The van der Waals surface area contributed by atoms with Crippen LogP contribution in [-0.4, -0.2) is 30.6 Å². The quantitative estimate of drug-likeness (QED) is 0.729. The van der Waals surface area contributed by atoms with Crippen LogP contribution in [0.3, 0.4) is 0 Å². The molecule has 3 atom stereocenters. The summed E-state index contributed by atoms with van der Waals surface area (Å²) in [6, 6.07) is 1.94. The Morgan fingerprint density at radius 1 is 1.64 bits per heavy atom. The highest BCUT2D eigenvalue weighted by Gasteiger charge is 2.50. The Morgan fingerprint density at radius 2 is 2.21 bits per heavy atom. The summed E-state index contributed by atoms with van der Waals surface area (Å²) in [5.41, 5.74) is -1.34. The average molecular weight is 217 g/mol. The highest BCUT2D eigenvalue weighted by molar-refractivity contribution is 7.91. The Hall–Kier alpha value is -0.600. The van der Waals surface area contributed by atoms with Gasteiger partial charge in [0.2, 0.25) is 0 Å². The topological polar surface area (TPSA) is 78.2 Å². The lowest BCUT2D eigenvalue weighted by molar-refractivity contribution is 0.0186. The number of hydrogen-bond donors (Lipinski definition) is 1. The lowest BCUT2D eigenvalue weighted by atomic mass is 9.88. The van der Waals surface area contributed by atoms with Crippen LogP contribution in [0.2, 0.25) is 0 Å². The molecule has 1 aliphatic rings. The van der Waals surface area contributed by atoms with Gasteiger partial charge in [-0.3, -0.25) is 0 Å². The Kier molecular flexibility index (Phi) is 2.88. The Balaban J connectivity index is 3.06. The number of sulfone groups is 1. The molecule has 5 heteroatoms. The third kappa shape index (κ3) is 1.77. The molecule has 1 rings (SSSR count). The number of nitriles is 1. The van der Waals surface area contributed by atoms with Crippen molar-refractivity contribution in [2.75, 3.05) is 6.26 Å². The maximum Gasteiger partial charge on any atom is 0.153 e. The van der Waals surface area contributed by atoms with Gasteiger partial charge in [0.05, 0.1) is 22.8 Å². The molecule has 1 N–H and O–H groups in total. The Bertz CT molecular complexity index is 357. The van der Waals surface area contributed by atoms with Gasteiger partial charge in [-0.15, -0.1) is 0 Å². The molecule has 0 aliphatic heterocycles. The van der Waals surface area contributed by atoms with E-state index in [-0.39, 0.29) is 0 Å². The summed E-state index contributed by atoms with van der Waals surface area (Å²) in [6.45, 7) is 1.57. The molecule has 1 aliphatic carbocycles. The molecule has 1 saturated carbocycles. The van der Waals surface area contributed by atoms with Crippen LogP contribution in [0.1, 0.15) is 26.2 Å². The summed E-state index contributed by atoms with van der Waals surface area (Å²) in [6.07, 6.45) is 2.65. The van der Waals surface area contributed by atoms with Crippen molar-refractivity contribution in [3.05, 3.63) is 0 Å². The molecule has 1 fully saturated rings. The standard InChI is InChI=1S/C9H15NO3S/c1-7(6-10)9(11)5-3-4-8(9)14(2,12)13/h7-8,11H,3-5H2,1-2H3. The predicted octanol–water partition coefficient (Wildman–Crippen LogP) is 0.474. The molecule has 3 unspecified atom stereocenters. The van der Waals surface area contributed by atoms with E-state index in [9.17, 15) is 13.5 Å². The molecule has 0 aromatic carbocycles. The summed E-state index contributed by atoms with van der Waals surface area (Å²) in [7, 11) is -3.27. The zero-order chi connectivity index (χ0) is 11.0. The molecule has 4 nitrogen and oxygen atoms in total. The van der Waals surface area contributed by atoms with E-state index in [1.165, 1.54) is 0 Å². The van der Waals surface area contributed by atoms with E-state index in [1.54, 1.807) is 6.92 Å². The van der Waals surface area contributed by atoms with Crippen molar-refractivity contribution in [3.8, 4) is 6.07 Å². The van der Waals surface area contributed by atoms with Gasteiger partial charge in [0.15, 0.2) is 9.84 Å². The smallest absolute Gasteiger partial charge is 0.153 e. The zero-order valence-corrected chi connectivity index (χ0v) is 9.21. The second-order valence-corrected chi connectivity index (χ2v) is 6.28. The Morgan fingerprint density at radius 3 is 2.64 bits per heavy atom. The van der Waals surface area contributed by atoms with Gasteiger partial charge in [0.1, 0.15) is 0 Å². The molecular formula is C9H15NO3S. The van der Waals surface area contributed by atoms with Gasteiger partial charge in [-0.25, -0.2) is 8.42 Å². The normalized spacial score (nSPS) is 35.1. The minimum atomic E-state index is -3.27. The van der Waals surface area contributed by atoms with Gasteiger partial charge in [-0.05, 0) is 26.2 Å². The van der Waals surface area contributed by atoms with Crippen molar-refractivity contribution in [2.45, 2.75) is 37.0 Å². The number of aliphatic hydroxyl groups is 1. The summed E-state index contributed by atoms with van der Waals surface area (Å²) >= 11 is 0. The van der Waals surface area contributed by atoms with Crippen LogP contribution in [0, 0.1) is 17.2 Å². The van der Waals surface area contributed by atoms with Crippen molar-refractivity contribution < 1.29 is 13.5 Å². The first-order chi connectivity index (χ1) is 6.32. The first-order valence-electron chi connectivity index (χ1n) is 4.63. The molecule has 0 aromatic rings. The molecule has 0 spiro atoms. The second-order valence-electron chi connectivity index (χ2n) is 4.05. The molecule has 0 amide bonds. The van der Waals surface area contributed by atoms with Crippen LogP contribution in [0.4, 0.5) is 0 Å².